The molecule has 0 amide bonds. The van der Waals surface area contributed by atoms with E-state index in [4.69, 9.17) is 0 Å². The fourth-order valence-corrected chi connectivity index (χ4v) is 5.03. The van der Waals surface area contributed by atoms with Crippen molar-refractivity contribution in [3.8, 4) is 23.0 Å². The molecule has 0 aromatic heterocycles. The Balaban J connectivity index is 0.000000280. The van der Waals surface area contributed by atoms with Crippen LogP contribution < -0.4 is 29.6 Å². The summed E-state index contributed by atoms with van der Waals surface area (Å²) in [6, 6.07) is 27.7. The van der Waals surface area contributed by atoms with E-state index in [0.29, 0.717) is 16.3 Å². The fraction of sp³-hybridized carbons (Fsp3) is 0.135. The SMILES string of the molecule is CCC(C)(C)c1cc(N=Nc2c(O)ccc3ccccc23)c(O)c([N+](=O)[O-])c1.O=[N+]([O-])c1ccc(N=Nc2c(O)ccc3ccccc23)c(O)c1.[Cr].[Na+]. The Hall–Kier alpha value is -5.43. The van der Waals surface area contributed by atoms with Crippen molar-refractivity contribution < 1.29 is 77.2 Å². The molecule has 0 spiro atoms. The maximum absolute atomic E-state index is 11.4. The minimum absolute atomic E-state index is 0. The summed E-state index contributed by atoms with van der Waals surface area (Å²) in [6.07, 6.45) is 0.746. The number of rotatable bonds is 8. The molecule has 0 fully saturated rings. The fourth-order valence-electron chi connectivity index (χ4n) is 5.03. The van der Waals surface area contributed by atoms with Gasteiger partial charge in [-0.1, -0.05) is 81.4 Å². The number of fused-ring (bicyclic) bond motifs is 2. The molecule has 0 bridgehead atoms. The van der Waals surface area contributed by atoms with E-state index in [1.807, 2.05) is 57.2 Å². The molecule has 0 heterocycles. The van der Waals surface area contributed by atoms with Gasteiger partial charge in [-0.05, 0) is 52.4 Å². The normalized spacial score (nSPS) is 11.2. The summed E-state index contributed by atoms with van der Waals surface area (Å²) < 4.78 is 0. The summed E-state index contributed by atoms with van der Waals surface area (Å²) in [4.78, 5) is 20.8. The average Bonchev–Trinajstić information content (AvgIpc) is 3.11. The molecule has 16 heteroatoms. The first-order chi connectivity index (χ1) is 24.3. The molecule has 0 aliphatic heterocycles. The summed E-state index contributed by atoms with van der Waals surface area (Å²) in [5, 5.41) is 81.4. The second-order valence-corrected chi connectivity index (χ2v) is 12.0. The van der Waals surface area contributed by atoms with Gasteiger partial charge in [0.15, 0.2) is 0 Å². The number of nitro groups is 2. The van der Waals surface area contributed by atoms with E-state index in [0.717, 1.165) is 23.3 Å². The van der Waals surface area contributed by atoms with E-state index in [2.05, 4.69) is 20.5 Å². The van der Waals surface area contributed by atoms with Crippen LogP contribution in [0.4, 0.5) is 34.1 Å². The third-order valence-electron chi connectivity index (χ3n) is 8.38. The predicted octanol–water partition coefficient (Wildman–Crippen LogP) is 7.84. The molecular formula is C37H32CrN6NaO8+. The molecule has 0 radical (unpaired) electrons. The third kappa shape index (κ3) is 9.52. The van der Waals surface area contributed by atoms with Crippen LogP contribution in [0.2, 0.25) is 0 Å². The Morgan fingerprint density at radius 2 is 1.13 bits per heavy atom. The van der Waals surface area contributed by atoms with Gasteiger partial charge >= 0.3 is 35.2 Å². The standard InChI is InChI=1S/C21H21N3O4.C16H11N3O4.Cr.Na/c1-4-21(2,3)14-11-16(20(26)17(12-14)24(27)28)22-23-19-15-8-6-5-7-13(15)9-10-18(19)25;20-14-8-5-10-3-1-2-4-12(10)16(14)18-17-13-7-6-11(19(22)23)9-15(13)21;;/h5-12,25-26H,4H2,1-3H3;1-9,20-21H;;/q;;;+1. The molecule has 6 rings (SSSR count). The van der Waals surface area contributed by atoms with Crippen molar-refractivity contribution in [2.45, 2.75) is 32.6 Å². The van der Waals surface area contributed by atoms with Gasteiger partial charge in [-0.3, -0.25) is 20.2 Å². The number of azo groups is 2. The topological polar surface area (TPSA) is 217 Å². The average molecular weight is 764 g/mol. The van der Waals surface area contributed by atoms with Crippen molar-refractivity contribution in [1.29, 1.82) is 0 Å². The van der Waals surface area contributed by atoms with Gasteiger partial charge in [0.2, 0.25) is 5.75 Å². The van der Waals surface area contributed by atoms with E-state index in [-0.39, 0.29) is 98.0 Å². The first-order valence-corrected chi connectivity index (χ1v) is 15.5. The molecule has 6 aromatic carbocycles. The second-order valence-electron chi connectivity index (χ2n) is 12.0. The van der Waals surface area contributed by atoms with Gasteiger partial charge in [0.1, 0.15) is 40.0 Å². The summed E-state index contributed by atoms with van der Waals surface area (Å²) in [5.74, 6) is -1.03. The van der Waals surface area contributed by atoms with E-state index in [1.165, 1.54) is 30.3 Å². The molecule has 14 nitrogen and oxygen atoms in total. The van der Waals surface area contributed by atoms with Crippen LogP contribution in [0.3, 0.4) is 0 Å². The van der Waals surface area contributed by atoms with Gasteiger partial charge in [0, 0.05) is 40.3 Å². The number of nitrogens with zero attached hydrogens (tertiary/aromatic N) is 6. The van der Waals surface area contributed by atoms with Gasteiger partial charge in [-0.25, -0.2) is 0 Å². The van der Waals surface area contributed by atoms with Crippen molar-refractivity contribution >= 4 is 55.7 Å². The number of non-ortho nitro benzene ring substituents is 1. The van der Waals surface area contributed by atoms with E-state index in [1.54, 1.807) is 30.3 Å². The molecular weight excluding hydrogens is 731 g/mol. The minimum atomic E-state index is -0.640. The molecule has 0 saturated heterocycles. The van der Waals surface area contributed by atoms with Crippen molar-refractivity contribution in [2.75, 3.05) is 0 Å². The summed E-state index contributed by atoms with van der Waals surface area (Å²) in [5.41, 5.74) is 0.229. The van der Waals surface area contributed by atoms with Gasteiger partial charge in [-0.2, -0.15) is 0 Å². The molecule has 264 valence electrons. The first-order valence-electron chi connectivity index (χ1n) is 15.5. The zero-order chi connectivity index (χ0) is 36.9. The molecule has 0 atom stereocenters. The number of phenols is 4. The Morgan fingerprint density at radius 1 is 0.623 bits per heavy atom. The van der Waals surface area contributed by atoms with E-state index in [9.17, 15) is 40.7 Å². The van der Waals surface area contributed by atoms with Gasteiger partial charge in [0.05, 0.1) is 15.9 Å². The van der Waals surface area contributed by atoms with Crippen LogP contribution in [0, 0.1) is 20.2 Å². The maximum atomic E-state index is 11.4. The quantitative estimate of drug-likeness (QED) is 0.0517. The number of nitro benzene ring substituents is 2. The number of hydrogen-bond acceptors (Lipinski definition) is 12. The van der Waals surface area contributed by atoms with E-state index >= 15 is 0 Å². The molecule has 0 unspecified atom stereocenters. The first kappa shape index (κ1) is 42.0. The number of hydrogen-bond donors (Lipinski definition) is 4. The van der Waals surface area contributed by atoms with Crippen LogP contribution in [0.25, 0.3) is 21.5 Å². The Bertz CT molecular complexity index is 2370. The van der Waals surface area contributed by atoms with Gasteiger partial charge in [0.25, 0.3) is 5.69 Å². The number of phenolic OH excluding ortho intramolecular Hbond substituents is 4. The summed E-state index contributed by atoms with van der Waals surface area (Å²) in [7, 11) is 0. The molecule has 4 N–H and O–H groups in total. The van der Waals surface area contributed by atoms with Crippen LogP contribution in [0.15, 0.2) is 124 Å². The monoisotopic (exact) mass is 763 g/mol. The van der Waals surface area contributed by atoms with Crippen molar-refractivity contribution in [3.63, 3.8) is 0 Å². The van der Waals surface area contributed by atoms with Crippen molar-refractivity contribution in [3.05, 3.63) is 129 Å². The molecule has 0 aliphatic carbocycles. The van der Waals surface area contributed by atoms with Crippen LogP contribution >= 0.6 is 0 Å². The van der Waals surface area contributed by atoms with Crippen LogP contribution in [0.5, 0.6) is 23.0 Å². The molecule has 0 saturated carbocycles. The van der Waals surface area contributed by atoms with Gasteiger partial charge in [-0.15, -0.1) is 20.5 Å². The Labute approximate surface area is 335 Å². The molecule has 53 heavy (non-hydrogen) atoms. The Kier molecular flexibility index (Phi) is 14.2. The smallest absolute Gasteiger partial charge is 0.506 e. The second kappa shape index (κ2) is 17.9. The van der Waals surface area contributed by atoms with Crippen LogP contribution in [-0.4, -0.2) is 30.3 Å². The van der Waals surface area contributed by atoms with Gasteiger partial charge < -0.3 is 20.4 Å². The number of aromatic hydroxyl groups is 4. The number of benzene rings is 6. The van der Waals surface area contributed by atoms with Crippen LogP contribution in [0.1, 0.15) is 32.8 Å². The maximum Gasteiger partial charge on any atom is 1.00 e. The predicted molar refractivity (Wildman–Crippen MR) is 192 cm³/mol. The summed E-state index contributed by atoms with van der Waals surface area (Å²) >= 11 is 0. The Morgan fingerprint density at radius 3 is 1.60 bits per heavy atom. The molecule has 6 aromatic rings. The van der Waals surface area contributed by atoms with Crippen molar-refractivity contribution in [2.24, 2.45) is 20.5 Å². The summed E-state index contributed by atoms with van der Waals surface area (Å²) in [6.45, 7) is 5.90. The zero-order valence-corrected chi connectivity index (χ0v) is 32.3. The largest absolute Gasteiger partial charge is 1.00 e. The van der Waals surface area contributed by atoms with Crippen molar-refractivity contribution in [1.82, 2.24) is 0 Å². The molecule has 0 aliphatic rings. The van der Waals surface area contributed by atoms with E-state index < -0.39 is 21.3 Å². The third-order valence-corrected chi connectivity index (χ3v) is 8.38. The zero-order valence-electron chi connectivity index (χ0n) is 29.0. The van der Waals surface area contributed by atoms with Crippen LogP contribution in [-0.2, 0) is 22.8 Å². The minimum Gasteiger partial charge on any atom is -0.506 e.